The van der Waals surface area contributed by atoms with Crippen LogP contribution in [0.1, 0.15) is 5.56 Å². The van der Waals surface area contributed by atoms with Gasteiger partial charge in [0.25, 0.3) is 0 Å². The second-order valence-corrected chi connectivity index (χ2v) is 6.48. The lowest BCUT2D eigenvalue weighted by atomic mass is 10.1. The molecule has 0 fully saturated rings. The SMILES string of the molecule is Cc1ccccc1Nc1c(-c2cccc(Br)c2)nc2cnccn12. The zero-order chi connectivity index (χ0) is 16.5. The lowest BCUT2D eigenvalue weighted by Crippen LogP contribution is -1.98. The summed E-state index contributed by atoms with van der Waals surface area (Å²) in [7, 11) is 0. The highest BCUT2D eigenvalue weighted by molar-refractivity contribution is 9.10. The molecule has 4 rings (SSSR count). The molecule has 2 aromatic heterocycles. The van der Waals surface area contributed by atoms with Crippen molar-refractivity contribution in [3.63, 3.8) is 0 Å². The molecule has 0 atom stereocenters. The molecule has 0 saturated carbocycles. The van der Waals surface area contributed by atoms with Crippen LogP contribution >= 0.6 is 15.9 Å². The quantitative estimate of drug-likeness (QED) is 0.531. The third kappa shape index (κ3) is 2.67. The maximum absolute atomic E-state index is 4.77. The molecular weight excluding hydrogens is 364 g/mol. The van der Waals surface area contributed by atoms with E-state index in [2.05, 4.69) is 57.4 Å². The van der Waals surface area contributed by atoms with Gasteiger partial charge in [-0.1, -0.05) is 46.3 Å². The fourth-order valence-electron chi connectivity index (χ4n) is 2.70. The molecule has 0 saturated heterocycles. The van der Waals surface area contributed by atoms with Crippen LogP contribution in [-0.2, 0) is 0 Å². The Balaban J connectivity index is 1.92. The van der Waals surface area contributed by atoms with Crippen molar-refractivity contribution in [2.24, 2.45) is 0 Å². The first-order valence-electron chi connectivity index (χ1n) is 7.63. The monoisotopic (exact) mass is 378 g/mol. The number of para-hydroxylation sites is 1. The van der Waals surface area contributed by atoms with E-state index in [-0.39, 0.29) is 0 Å². The van der Waals surface area contributed by atoms with Crippen molar-refractivity contribution in [2.45, 2.75) is 6.92 Å². The van der Waals surface area contributed by atoms with Crippen LogP contribution in [0.5, 0.6) is 0 Å². The van der Waals surface area contributed by atoms with Gasteiger partial charge in [0.2, 0.25) is 0 Å². The molecule has 0 unspecified atom stereocenters. The number of anilines is 2. The summed E-state index contributed by atoms with van der Waals surface area (Å²) in [4.78, 5) is 8.95. The van der Waals surface area contributed by atoms with Crippen molar-refractivity contribution in [3.05, 3.63) is 77.2 Å². The number of rotatable bonds is 3. The summed E-state index contributed by atoms with van der Waals surface area (Å²) in [6.45, 7) is 2.09. The molecule has 118 valence electrons. The molecular formula is C19H15BrN4. The van der Waals surface area contributed by atoms with Gasteiger partial charge in [-0.25, -0.2) is 4.98 Å². The molecule has 0 aliphatic heterocycles. The largest absolute Gasteiger partial charge is 0.339 e. The number of aromatic nitrogens is 3. The van der Waals surface area contributed by atoms with Crippen molar-refractivity contribution < 1.29 is 0 Å². The standard InChI is InChI=1S/C19H15BrN4/c1-13-5-2-3-8-16(13)22-19-18(14-6-4-7-15(20)11-14)23-17-12-21-9-10-24(17)19/h2-12,22H,1H3. The van der Waals surface area contributed by atoms with E-state index in [0.717, 1.165) is 32.9 Å². The van der Waals surface area contributed by atoms with E-state index < -0.39 is 0 Å². The van der Waals surface area contributed by atoms with E-state index in [1.54, 1.807) is 12.4 Å². The molecule has 2 aromatic carbocycles. The van der Waals surface area contributed by atoms with E-state index >= 15 is 0 Å². The van der Waals surface area contributed by atoms with E-state index in [9.17, 15) is 0 Å². The van der Waals surface area contributed by atoms with E-state index in [4.69, 9.17) is 4.98 Å². The first-order chi connectivity index (χ1) is 11.7. The minimum atomic E-state index is 0.809. The highest BCUT2D eigenvalue weighted by Gasteiger charge is 2.15. The minimum absolute atomic E-state index is 0.809. The van der Waals surface area contributed by atoms with Gasteiger partial charge in [0, 0.05) is 28.1 Å². The first-order valence-corrected chi connectivity index (χ1v) is 8.42. The summed E-state index contributed by atoms with van der Waals surface area (Å²) in [5.74, 6) is 0.930. The molecule has 24 heavy (non-hydrogen) atoms. The van der Waals surface area contributed by atoms with Crippen LogP contribution in [0.15, 0.2) is 71.6 Å². The summed E-state index contributed by atoms with van der Waals surface area (Å²) in [6, 6.07) is 16.4. The van der Waals surface area contributed by atoms with Gasteiger partial charge in [-0.15, -0.1) is 0 Å². The highest BCUT2D eigenvalue weighted by atomic mass is 79.9. The Morgan fingerprint density at radius 1 is 1.08 bits per heavy atom. The van der Waals surface area contributed by atoms with Crippen molar-refractivity contribution in [2.75, 3.05) is 5.32 Å². The van der Waals surface area contributed by atoms with E-state index in [1.165, 1.54) is 5.56 Å². The van der Waals surface area contributed by atoms with Crippen molar-refractivity contribution >= 4 is 33.1 Å². The number of nitrogens with one attached hydrogen (secondary N) is 1. The first kappa shape index (κ1) is 14.9. The number of aryl methyl sites for hydroxylation is 1. The molecule has 0 aliphatic carbocycles. The zero-order valence-corrected chi connectivity index (χ0v) is 14.7. The van der Waals surface area contributed by atoms with Crippen LogP contribution in [0.25, 0.3) is 16.9 Å². The minimum Gasteiger partial charge on any atom is -0.339 e. The van der Waals surface area contributed by atoms with Crippen molar-refractivity contribution in [1.29, 1.82) is 0 Å². The lowest BCUT2D eigenvalue weighted by Gasteiger charge is -2.11. The number of benzene rings is 2. The average molecular weight is 379 g/mol. The Kier molecular flexibility index (Phi) is 3.78. The van der Waals surface area contributed by atoms with Gasteiger partial charge in [0.05, 0.1) is 6.20 Å². The average Bonchev–Trinajstić information content (AvgIpc) is 2.96. The van der Waals surface area contributed by atoms with Crippen LogP contribution in [-0.4, -0.2) is 14.4 Å². The Bertz CT molecular complexity index is 1020. The third-order valence-electron chi connectivity index (χ3n) is 3.93. The fourth-order valence-corrected chi connectivity index (χ4v) is 3.10. The van der Waals surface area contributed by atoms with Gasteiger partial charge in [0.15, 0.2) is 5.65 Å². The van der Waals surface area contributed by atoms with Crippen LogP contribution in [0.2, 0.25) is 0 Å². The number of fused-ring (bicyclic) bond motifs is 1. The molecule has 4 aromatic rings. The predicted octanol–water partition coefficient (Wildman–Crippen LogP) is 5.21. The lowest BCUT2D eigenvalue weighted by molar-refractivity contribution is 1.13. The van der Waals surface area contributed by atoms with Crippen LogP contribution in [0, 0.1) is 6.92 Å². The molecule has 0 radical (unpaired) electrons. The summed E-state index contributed by atoms with van der Waals surface area (Å²) in [6.07, 6.45) is 5.46. The number of hydrogen-bond acceptors (Lipinski definition) is 3. The summed E-state index contributed by atoms with van der Waals surface area (Å²) in [5, 5.41) is 3.54. The molecule has 0 bridgehead atoms. The van der Waals surface area contributed by atoms with Crippen molar-refractivity contribution in [1.82, 2.24) is 14.4 Å². The smallest absolute Gasteiger partial charge is 0.157 e. The Labute approximate surface area is 148 Å². The van der Waals surface area contributed by atoms with Gasteiger partial charge in [-0.2, -0.15) is 0 Å². The molecule has 5 heteroatoms. The second kappa shape index (κ2) is 6.09. The molecule has 0 aliphatic rings. The number of nitrogens with zero attached hydrogens (tertiary/aromatic N) is 3. The van der Waals surface area contributed by atoms with E-state index in [0.29, 0.717) is 0 Å². The molecule has 2 heterocycles. The third-order valence-corrected chi connectivity index (χ3v) is 4.42. The number of imidazole rings is 1. The maximum atomic E-state index is 4.77. The maximum Gasteiger partial charge on any atom is 0.157 e. The van der Waals surface area contributed by atoms with Gasteiger partial charge in [-0.05, 0) is 30.7 Å². The molecule has 0 amide bonds. The van der Waals surface area contributed by atoms with Gasteiger partial charge >= 0.3 is 0 Å². The topological polar surface area (TPSA) is 42.2 Å². The fraction of sp³-hybridized carbons (Fsp3) is 0.0526. The van der Waals surface area contributed by atoms with Crippen LogP contribution in [0.3, 0.4) is 0 Å². The number of halogens is 1. The Hall–Kier alpha value is -2.66. The summed E-state index contributed by atoms with van der Waals surface area (Å²) in [5.41, 5.74) is 4.99. The molecule has 4 nitrogen and oxygen atoms in total. The van der Waals surface area contributed by atoms with Crippen molar-refractivity contribution in [3.8, 4) is 11.3 Å². The highest BCUT2D eigenvalue weighted by Crippen LogP contribution is 2.32. The molecule has 1 N–H and O–H groups in total. The Morgan fingerprint density at radius 3 is 2.79 bits per heavy atom. The van der Waals surface area contributed by atoms with Gasteiger partial charge in [-0.3, -0.25) is 9.38 Å². The second-order valence-electron chi connectivity index (χ2n) is 5.56. The van der Waals surface area contributed by atoms with Gasteiger partial charge in [0.1, 0.15) is 11.5 Å². The molecule has 0 spiro atoms. The summed E-state index contributed by atoms with van der Waals surface area (Å²) < 4.78 is 3.05. The van der Waals surface area contributed by atoms with E-state index in [1.807, 2.05) is 34.9 Å². The Morgan fingerprint density at radius 2 is 1.96 bits per heavy atom. The number of hydrogen-bond donors (Lipinski definition) is 1. The van der Waals surface area contributed by atoms with Crippen LogP contribution in [0.4, 0.5) is 11.5 Å². The summed E-state index contributed by atoms with van der Waals surface area (Å²) >= 11 is 3.54. The van der Waals surface area contributed by atoms with Crippen LogP contribution < -0.4 is 5.32 Å². The van der Waals surface area contributed by atoms with Gasteiger partial charge < -0.3 is 5.32 Å². The predicted molar refractivity (Wildman–Crippen MR) is 101 cm³/mol. The zero-order valence-electron chi connectivity index (χ0n) is 13.1. The normalized spacial score (nSPS) is 10.9.